The zero-order valence-electron chi connectivity index (χ0n) is 20.5. The lowest BCUT2D eigenvalue weighted by Crippen LogP contribution is -2.08. The Hall–Kier alpha value is -4.65. The standard InChI is InChI=1S/C30H26O7/c1-33-22-14-23-26-21(13-25(34-2)29(28(26)31)36-17-20-11-7-4-8-12-20)18-37-30(32)27(23)24(15-22)35-16-19-9-5-3-6-10-19/h3-15,31H,16-18H2,1-2H3. The van der Waals surface area contributed by atoms with E-state index in [4.69, 9.17) is 23.7 Å². The lowest BCUT2D eigenvalue weighted by molar-refractivity contribution is 0.0473. The van der Waals surface area contributed by atoms with Crippen molar-refractivity contribution >= 4 is 5.97 Å². The lowest BCUT2D eigenvalue weighted by Gasteiger charge is -2.19. The molecule has 7 heteroatoms. The third-order valence-electron chi connectivity index (χ3n) is 6.13. The minimum atomic E-state index is -0.568. The Bertz CT molecular complexity index is 1420. The van der Waals surface area contributed by atoms with Gasteiger partial charge in [0.1, 0.15) is 36.9 Å². The number of cyclic esters (lactones) is 1. The summed E-state index contributed by atoms with van der Waals surface area (Å²) in [6.45, 7) is 0.391. The molecule has 0 aromatic heterocycles. The molecule has 1 aliphatic rings. The number of rotatable bonds is 8. The highest BCUT2D eigenvalue weighted by Gasteiger charge is 2.31. The smallest absolute Gasteiger partial charge is 0.342 e. The predicted molar refractivity (Wildman–Crippen MR) is 137 cm³/mol. The Labute approximate surface area is 214 Å². The van der Waals surface area contributed by atoms with Crippen molar-refractivity contribution in [2.24, 2.45) is 0 Å². The Morgan fingerprint density at radius 3 is 2.05 bits per heavy atom. The molecule has 0 atom stereocenters. The van der Waals surface area contributed by atoms with E-state index in [0.29, 0.717) is 28.2 Å². The Kier molecular flexibility index (Phi) is 6.85. The third-order valence-corrected chi connectivity index (χ3v) is 6.13. The number of benzene rings is 4. The Balaban J connectivity index is 1.62. The van der Waals surface area contributed by atoms with Gasteiger partial charge in [-0.05, 0) is 23.3 Å². The van der Waals surface area contributed by atoms with Crippen molar-refractivity contribution in [1.82, 2.24) is 0 Å². The van der Waals surface area contributed by atoms with E-state index in [1.54, 1.807) is 18.2 Å². The highest BCUT2D eigenvalue weighted by Crippen LogP contribution is 2.50. The zero-order valence-corrected chi connectivity index (χ0v) is 20.5. The second-order valence-electron chi connectivity index (χ2n) is 8.46. The molecular weight excluding hydrogens is 472 g/mol. The van der Waals surface area contributed by atoms with Gasteiger partial charge in [0.25, 0.3) is 0 Å². The van der Waals surface area contributed by atoms with Crippen LogP contribution in [-0.2, 0) is 24.6 Å². The fourth-order valence-corrected chi connectivity index (χ4v) is 4.29. The summed E-state index contributed by atoms with van der Waals surface area (Å²) in [4.78, 5) is 13.2. The fourth-order valence-electron chi connectivity index (χ4n) is 4.29. The van der Waals surface area contributed by atoms with Crippen molar-refractivity contribution in [3.8, 4) is 39.9 Å². The van der Waals surface area contributed by atoms with Crippen LogP contribution in [-0.4, -0.2) is 25.3 Å². The highest BCUT2D eigenvalue weighted by molar-refractivity contribution is 6.03. The molecule has 0 amide bonds. The largest absolute Gasteiger partial charge is 0.504 e. The molecule has 1 N–H and O–H groups in total. The number of ether oxygens (including phenoxy) is 5. The first-order valence-electron chi connectivity index (χ1n) is 11.7. The van der Waals surface area contributed by atoms with Crippen molar-refractivity contribution in [1.29, 1.82) is 0 Å². The lowest BCUT2D eigenvalue weighted by atomic mass is 9.93. The summed E-state index contributed by atoms with van der Waals surface area (Å²) in [6, 6.07) is 24.2. The molecule has 4 aromatic carbocycles. The van der Waals surface area contributed by atoms with Crippen LogP contribution in [0.5, 0.6) is 28.7 Å². The summed E-state index contributed by atoms with van der Waals surface area (Å²) < 4.78 is 28.7. The molecule has 37 heavy (non-hydrogen) atoms. The first-order chi connectivity index (χ1) is 18.1. The van der Waals surface area contributed by atoms with Gasteiger partial charge in [0.2, 0.25) is 5.75 Å². The van der Waals surface area contributed by atoms with Crippen LogP contribution in [0.3, 0.4) is 0 Å². The van der Waals surface area contributed by atoms with Crippen LogP contribution in [0.1, 0.15) is 27.0 Å². The molecule has 0 saturated heterocycles. The van der Waals surface area contributed by atoms with E-state index in [2.05, 4.69) is 0 Å². The summed E-state index contributed by atoms with van der Waals surface area (Å²) >= 11 is 0. The quantitative estimate of drug-likeness (QED) is 0.303. The summed E-state index contributed by atoms with van der Waals surface area (Å²) in [7, 11) is 3.02. The number of hydrogen-bond acceptors (Lipinski definition) is 7. The number of aromatic hydroxyl groups is 1. The van der Waals surface area contributed by atoms with Crippen molar-refractivity contribution in [3.05, 3.63) is 101 Å². The monoisotopic (exact) mass is 498 g/mol. The number of hydrogen-bond donors (Lipinski definition) is 1. The molecule has 5 rings (SSSR count). The minimum absolute atomic E-state index is 0.0633. The van der Waals surface area contributed by atoms with E-state index in [9.17, 15) is 9.90 Å². The van der Waals surface area contributed by atoms with Crippen molar-refractivity contribution in [2.45, 2.75) is 19.8 Å². The van der Waals surface area contributed by atoms with Crippen LogP contribution in [0.25, 0.3) is 11.1 Å². The average Bonchev–Trinajstić information content (AvgIpc) is 3.08. The van der Waals surface area contributed by atoms with Gasteiger partial charge in [0.15, 0.2) is 11.5 Å². The van der Waals surface area contributed by atoms with Crippen molar-refractivity contribution < 1.29 is 33.6 Å². The summed E-state index contributed by atoms with van der Waals surface area (Å²) in [5.41, 5.74) is 3.44. The number of carbonyl (C=O) groups is 1. The van der Waals surface area contributed by atoms with Gasteiger partial charge >= 0.3 is 5.97 Å². The van der Waals surface area contributed by atoms with Crippen LogP contribution in [0.15, 0.2) is 78.9 Å². The number of carbonyl (C=O) groups excluding carboxylic acids is 1. The van der Waals surface area contributed by atoms with Crippen molar-refractivity contribution in [2.75, 3.05) is 14.2 Å². The fraction of sp³-hybridized carbons (Fsp3) is 0.167. The normalized spacial score (nSPS) is 12.0. The summed E-state index contributed by atoms with van der Waals surface area (Å²) in [5, 5.41) is 11.5. The van der Waals surface area contributed by atoms with Crippen LogP contribution < -0.4 is 18.9 Å². The first kappa shape index (κ1) is 24.1. The van der Waals surface area contributed by atoms with Gasteiger partial charge in [-0.15, -0.1) is 0 Å². The van der Waals surface area contributed by atoms with E-state index in [-0.39, 0.29) is 42.6 Å². The van der Waals surface area contributed by atoms with E-state index >= 15 is 0 Å². The average molecular weight is 499 g/mol. The zero-order chi connectivity index (χ0) is 25.8. The third kappa shape index (κ3) is 4.89. The van der Waals surface area contributed by atoms with Gasteiger partial charge in [-0.1, -0.05) is 60.7 Å². The second kappa shape index (κ2) is 10.5. The number of esters is 1. The van der Waals surface area contributed by atoms with Gasteiger partial charge < -0.3 is 28.8 Å². The molecule has 0 unspecified atom stereocenters. The van der Waals surface area contributed by atoms with Crippen LogP contribution in [0, 0.1) is 0 Å². The van der Waals surface area contributed by atoms with Crippen LogP contribution >= 0.6 is 0 Å². The van der Waals surface area contributed by atoms with Gasteiger partial charge in [-0.2, -0.15) is 0 Å². The Morgan fingerprint density at radius 2 is 1.43 bits per heavy atom. The molecule has 188 valence electrons. The topological polar surface area (TPSA) is 83.5 Å². The molecular formula is C30H26O7. The van der Waals surface area contributed by atoms with Gasteiger partial charge in [-0.3, -0.25) is 0 Å². The predicted octanol–water partition coefficient (Wildman–Crippen LogP) is 5.90. The maximum Gasteiger partial charge on any atom is 0.342 e. The van der Waals surface area contributed by atoms with Crippen LogP contribution in [0.4, 0.5) is 0 Å². The number of phenols is 1. The molecule has 0 radical (unpaired) electrons. The molecule has 4 aromatic rings. The molecule has 0 bridgehead atoms. The molecule has 7 nitrogen and oxygen atoms in total. The molecule has 0 aliphatic carbocycles. The van der Waals surface area contributed by atoms with E-state index in [0.717, 1.165) is 11.1 Å². The maximum atomic E-state index is 13.2. The maximum absolute atomic E-state index is 13.2. The number of fused-ring (bicyclic) bond motifs is 3. The van der Waals surface area contributed by atoms with Gasteiger partial charge in [-0.25, -0.2) is 4.79 Å². The van der Waals surface area contributed by atoms with Gasteiger partial charge in [0.05, 0.1) is 14.2 Å². The SMILES string of the molecule is COc1cc(OCc2ccccc2)c2c(c1)-c1c(cc(OC)c(OCc3ccccc3)c1O)COC2=O. The second-order valence-corrected chi connectivity index (χ2v) is 8.46. The summed E-state index contributed by atoms with van der Waals surface area (Å²) in [6.07, 6.45) is 0. The summed E-state index contributed by atoms with van der Waals surface area (Å²) in [5.74, 6) is 0.520. The van der Waals surface area contributed by atoms with Crippen LogP contribution in [0.2, 0.25) is 0 Å². The molecule has 1 heterocycles. The van der Waals surface area contributed by atoms with E-state index < -0.39 is 5.97 Å². The van der Waals surface area contributed by atoms with Gasteiger partial charge in [0, 0.05) is 22.8 Å². The molecule has 1 aliphatic heterocycles. The Morgan fingerprint density at radius 1 is 0.784 bits per heavy atom. The molecule has 0 saturated carbocycles. The van der Waals surface area contributed by atoms with Crippen molar-refractivity contribution in [3.63, 3.8) is 0 Å². The highest BCUT2D eigenvalue weighted by atomic mass is 16.5. The molecule has 0 spiro atoms. The van der Waals surface area contributed by atoms with E-state index in [1.807, 2.05) is 60.7 Å². The minimum Gasteiger partial charge on any atom is -0.504 e. The first-order valence-corrected chi connectivity index (χ1v) is 11.7. The number of phenolic OH excluding ortho intramolecular Hbond substituents is 1. The van der Waals surface area contributed by atoms with E-state index in [1.165, 1.54) is 14.2 Å². The number of methoxy groups -OCH3 is 2. The molecule has 0 fully saturated rings.